The first kappa shape index (κ1) is 19.7. The van der Waals surface area contributed by atoms with Crippen LogP contribution in [0.3, 0.4) is 0 Å². The average molecular weight is 377 g/mol. The Bertz CT molecular complexity index is 946. The molecule has 0 atom stereocenters. The molecular formula is C23H27N3O2. The van der Waals surface area contributed by atoms with E-state index >= 15 is 0 Å². The molecule has 3 rings (SSSR count). The lowest BCUT2D eigenvalue weighted by Crippen LogP contribution is -2.27. The molecule has 2 amide bonds. The van der Waals surface area contributed by atoms with Crippen molar-refractivity contribution in [3.05, 3.63) is 71.4 Å². The van der Waals surface area contributed by atoms with Crippen LogP contribution in [-0.2, 0) is 6.42 Å². The van der Waals surface area contributed by atoms with Gasteiger partial charge in [-0.1, -0.05) is 44.0 Å². The minimum atomic E-state index is -0.166. The van der Waals surface area contributed by atoms with Gasteiger partial charge in [-0.3, -0.25) is 9.59 Å². The zero-order chi connectivity index (χ0) is 19.8. The first-order chi connectivity index (χ1) is 13.7. The van der Waals surface area contributed by atoms with E-state index in [0.29, 0.717) is 24.2 Å². The monoisotopic (exact) mass is 377 g/mol. The van der Waals surface area contributed by atoms with E-state index in [4.69, 9.17) is 0 Å². The third-order valence-corrected chi connectivity index (χ3v) is 4.81. The Labute approximate surface area is 165 Å². The number of aromatic nitrogens is 1. The first-order valence-electron chi connectivity index (χ1n) is 9.90. The standard InChI is InChI=1S/C23H27N3O2/c1-2-3-6-13-24-22(27)17-8-7-9-18(15-17)23(28)25-14-12-19-16-26-21-11-5-4-10-20(19)21/h4-5,7-11,15-16,26H,2-3,6,12-14H2,1H3,(H,24,27)(H,25,28). The van der Waals surface area contributed by atoms with Gasteiger partial charge in [0.05, 0.1) is 0 Å². The van der Waals surface area contributed by atoms with Gasteiger partial charge in [-0.05, 0) is 42.7 Å². The van der Waals surface area contributed by atoms with E-state index in [-0.39, 0.29) is 11.8 Å². The number of carbonyl (C=O) groups excluding carboxylic acids is 2. The highest BCUT2D eigenvalue weighted by Crippen LogP contribution is 2.17. The molecule has 1 aromatic heterocycles. The molecule has 3 N–H and O–H groups in total. The molecule has 0 bridgehead atoms. The zero-order valence-corrected chi connectivity index (χ0v) is 16.3. The molecule has 0 saturated carbocycles. The van der Waals surface area contributed by atoms with Crippen molar-refractivity contribution in [2.75, 3.05) is 13.1 Å². The molecule has 0 aliphatic heterocycles. The van der Waals surface area contributed by atoms with Crippen LogP contribution in [0.25, 0.3) is 10.9 Å². The second-order valence-electron chi connectivity index (χ2n) is 6.91. The molecule has 0 fully saturated rings. The van der Waals surface area contributed by atoms with Gasteiger partial charge in [0.15, 0.2) is 0 Å². The topological polar surface area (TPSA) is 74.0 Å². The molecule has 5 nitrogen and oxygen atoms in total. The molecule has 0 saturated heterocycles. The van der Waals surface area contributed by atoms with Crippen LogP contribution < -0.4 is 10.6 Å². The summed E-state index contributed by atoms with van der Waals surface area (Å²) < 4.78 is 0. The van der Waals surface area contributed by atoms with Gasteiger partial charge in [0.25, 0.3) is 11.8 Å². The van der Waals surface area contributed by atoms with Crippen molar-refractivity contribution in [3.63, 3.8) is 0 Å². The largest absolute Gasteiger partial charge is 0.361 e. The summed E-state index contributed by atoms with van der Waals surface area (Å²) in [6, 6.07) is 15.0. The maximum absolute atomic E-state index is 12.5. The van der Waals surface area contributed by atoms with Gasteiger partial charge in [-0.25, -0.2) is 0 Å². The molecular weight excluding hydrogens is 350 g/mol. The number of para-hydroxylation sites is 1. The fraction of sp³-hybridized carbons (Fsp3) is 0.304. The lowest BCUT2D eigenvalue weighted by molar-refractivity contribution is 0.0952. The van der Waals surface area contributed by atoms with Crippen molar-refractivity contribution in [2.24, 2.45) is 0 Å². The number of rotatable bonds is 9. The first-order valence-corrected chi connectivity index (χ1v) is 9.90. The van der Waals surface area contributed by atoms with E-state index in [1.165, 1.54) is 10.9 Å². The Morgan fingerprint density at radius 2 is 1.61 bits per heavy atom. The molecule has 0 radical (unpaired) electrons. The number of hydrogen-bond donors (Lipinski definition) is 3. The van der Waals surface area contributed by atoms with Gasteiger partial charge in [0.1, 0.15) is 0 Å². The maximum atomic E-state index is 12.5. The van der Waals surface area contributed by atoms with E-state index in [2.05, 4.69) is 28.6 Å². The number of benzene rings is 2. The second kappa shape index (κ2) is 9.74. The van der Waals surface area contributed by atoms with Crippen molar-refractivity contribution in [1.29, 1.82) is 0 Å². The summed E-state index contributed by atoms with van der Waals surface area (Å²) in [6.45, 7) is 3.32. The van der Waals surface area contributed by atoms with Gasteiger partial charge in [-0.15, -0.1) is 0 Å². The minimum absolute atomic E-state index is 0.135. The Morgan fingerprint density at radius 3 is 2.36 bits per heavy atom. The fourth-order valence-corrected chi connectivity index (χ4v) is 3.23. The van der Waals surface area contributed by atoms with Crippen molar-refractivity contribution in [2.45, 2.75) is 32.6 Å². The van der Waals surface area contributed by atoms with Crippen molar-refractivity contribution in [1.82, 2.24) is 15.6 Å². The number of nitrogens with one attached hydrogen (secondary N) is 3. The minimum Gasteiger partial charge on any atom is -0.361 e. The lowest BCUT2D eigenvalue weighted by atomic mass is 10.1. The van der Waals surface area contributed by atoms with E-state index in [1.54, 1.807) is 24.3 Å². The summed E-state index contributed by atoms with van der Waals surface area (Å²) in [4.78, 5) is 27.9. The third kappa shape index (κ3) is 5.00. The number of aromatic amines is 1. The highest BCUT2D eigenvalue weighted by atomic mass is 16.2. The van der Waals surface area contributed by atoms with E-state index in [1.807, 2.05) is 24.4 Å². The highest BCUT2D eigenvalue weighted by molar-refractivity contribution is 5.99. The number of hydrogen-bond acceptors (Lipinski definition) is 2. The lowest BCUT2D eigenvalue weighted by Gasteiger charge is -2.08. The maximum Gasteiger partial charge on any atom is 0.251 e. The molecule has 28 heavy (non-hydrogen) atoms. The van der Waals surface area contributed by atoms with Crippen molar-refractivity contribution < 1.29 is 9.59 Å². The summed E-state index contributed by atoms with van der Waals surface area (Å²) in [5.41, 5.74) is 3.29. The van der Waals surface area contributed by atoms with Crippen molar-refractivity contribution >= 4 is 22.7 Å². The number of fused-ring (bicyclic) bond motifs is 1. The number of H-pyrrole nitrogens is 1. The summed E-state index contributed by atoms with van der Waals surface area (Å²) >= 11 is 0. The molecule has 0 spiro atoms. The normalized spacial score (nSPS) is 10.8. The van der Waals surface area contributed by atoms with Crippen LogP contribution in [0, 0.1) is 0 Å². The van der Waals surface area contributed by atoms with E-state index in [0.717, 1.165) is 31.2 Å². The average Bonchev–Trinajstić information content (AvgIpc) is 3.14. The number of unbranched alkanes of at least 4 members (excludes halogenated alkanes) is 2. The summed E-state index contributed by atoms with van der Waals surface area (Å²) in [5, 5.41) is 7.03. The van der Waals surface area contributed by atoms with Gasteiger partial charge in [0, 0.05) is 41.3 Å². The zero-order valence-electron chi connectivity index (χ0n) is 16.3. The molecule has 0 aliphatic carbocycles. The van der Waals surface area contributed by atoms with E-state index < -0.39 is 0 Å². The Hall–Kier alpha value is -3.08. The Morgan fingerprint density at radius 1 is 0.893 bits per heavy atom. The molecule has 3 aromatic rings. The summed E-state index contributed by atoms with van der Waals surface area (Å²) in [5.74, 6) is -0.301. The summed E-state index contributed by atoms with van der Waals surface area (Å²) in [7, 11) is 0. The van der Waals surface area contributed by atoms with Gasteiger partial charge in [0.2, 0.25) is 0 Å². The predicted molar refractivity (Wildman–Crippen MR) is 113 cm³/mol. The molecule has 0 aliphatic rings. The highest BCUT2D eigenvalue weighted by Gasteiger charge is 2.10. The third-order valence-electron chi connectivity index (χ3n) is 4.81. The van der Waals surface area contributed by atoms with Gasteiger partial charge < -0.3 is 15.6 Å². The van der Waals surface area contributed by atoms with Gasteiger partial charge >= 0.3 is 0 Å². The fourth-order valence-electron chi connectivity index (χ4n) is 3.23. The number of carbonyl (C=O) groups is 2. The second-order valence-corrected chi connectivity index (χ2v) is 6.91. The molecule has 146 valence electrons. The molecule has 5 heteroatoms. The van der Waals surface area contributed by atoms with Crippen LogP contribution in [0.1, 0.15) is 52.5 Å². The molecule has 2 aromatic carbocycles. The Balaban J connectivity index is 1.53. The van der Waals surface area contributed by atoms with E-state index in [9.17, 15) is 9.59 Å². The molecule has 0 unspecified atom stereocenters. The van der Waals surface area contributed by atoms with Crippen LogP contribution in [0.2, 0.25) is 0 Å². The molecule has 1 heterocycles. The predicted octanol–water partition coefficient (Wildman–Crippen LogP) is 4.06. The Kier molecular flexibility index (Phi) is 6.84. The van der Waals surface area contributed by atoms with Gasteiger partial charge in [-0.2, -0.15) is 0 Å². The van der Waals surface area contributed by atoms with Crippen LogP contribution in [0.4, 0.5) is 0 Å². The van der Waals surface area contributed by atoms with Crippen LogP contribution in [-0.4, -0.2) is 29.9 Å². The van der Waals surface area contributed by atoms with Crippen molar-refractivity contribution in [3.8, 4) is 0 Å². The van der Waals surface area contributed by atoms with Crippen LogP contribution in [0.5, 0.6) is 0 Å². The number of amides is 2. The quantitative estimate of drug-likeness (QED) is 0.492. The summed E-state index contributed by atoms with van der Waals surface area (Å²) in [6.07, 6.45) is 5.91. The SMILES string of the molecule is CCCCCNC(=O)c1cccc(C(=O)NCCc2c[nH]c3ccccc23)c1. The van der Waals surface area contributed by atoms with Crippen LogP contribution >= 0.6 is 0 Å². The smallest absolute Gasteiger partial charge is 0.251 e. The van der Waals surface area contributed by atoms with Crippen LogP contribution in [0.15, 0.2) is 54.7 Å².